The Hall–Kier alpha value is -1.71. The maximum atomic E-state index is 12.9. The second-order valence-corrected chi connectivity index (χ2v) is 32.6. The molecule has 10 nitrogen and oxygen atoms in total. The maximum absolute atomic E-state index is 12.9. The Morgan fingerprint density at radius 1 is 0.340 bits per heavy atom. The lowest BCUT2D eigenvalue weighted by Gasteiger charge is -2.34. The summed E-state index contributed by atoms with van der Waals surface area (Å²) in [4.78, 5) is 22.5. The SMILES string of the molecule is CCCCC/C=C\C/C=C\CCCCCCC(O)CN(CCCCC(=O)OCCN1CCN(CCSSCCCN(CC(O)CCCCCC/C=C\CCCCCCCC)CC(O)CCCCCC/C=C\CCCCCCCC)CC1)CC(O)CCCCCC/C=C\C/C=C\CCCCC. The summed E-state index contributed by atoms with van der Waals surface area (Å²) in [5.41, 5.74) is 0. The number of unbranched alkanes of at least 4 members (excludes halogenated alkanes) is 35. The molecule has 0 radical (unpaired) electrons. The van der Waals surface area contributed by atoms with E-state index in [1.54, 1.807) is 0 Å². The molecule has 1 rings (SSSR count). The normalized spacial score (nSPS) is 15.0. The number of ether oxygens (including phenoxy) is 1. The summed E-state index contributed by atoms with van der Waals surface area (Å²) in [6, 6.07) is 0. The molecule has 1 aliphatic heterocycles. The lowest BCUT2D eigenvalue weighted by molar-refractivity contribution is -0.144. The Kier molecular flexibility index (Phi) is 75.5. The molecule has 100 heavy (non-hydrogen) atoms. The Morgan fingerprint density at radius 3 is 0.980 bits per heavy atom. The molecule has 586 valence electrons. The summed E-state index contributed by atoms with van der Waals surface area (Å²) in [6.45, 7) is 19.6. The summed E-state index contributed by atoms with van der Waals surface area (Å²) in [5, 5.41) is 44.8. The molecule has 1 aliphatic rings. The zero-order chi connectivity index (χ0) is 72.2. The summed E-state index contributed by atoms with van der Waals surface area (Å²) >= 11 is 0. The van der Waals surface area contributed by atoms with Crippen LogP contribution in [-0.4, -0.2) is 167 Å². The van der Waals surface area contributed by atoms with Crippen LogP contribution < -0.4 is 0 Å². The molecule has 0 aromatic carbocycles. The molecular formula is C88H166N4O6S2. The third-order valence-corrected chi connectivity index (χ3v) is 22.4. The Bertz CT molecular complexity index is 1760. The van der Waals surface area contributed by atoms with Crippen LogP contribution in [0.25, 0.3) is 0 Å². The van der Waals surface area contributed by atoms with Crippen molar-refractivity contribution in [2.75, 3.05) is 96.6 Å². The molecule has 0 spiro atoms. The highest BCUT2D eigenvalue weighted by Crippen LogP contribution is 2.23. The van der Waals surface area contributed by atoms with Crippen LogP contribution in [0.2, 0.25) is 0 Å². The maximum Gasteiger partial charge on any atom is 0.305 e. The quantitative estimate of drug-likeness (QED) is 0.0201. The van der Waals surface area contributed by atoms with E-state index in [0.29, 0.717) is 39.2 Å². The van der Waals surface area contributed by atoms with Gasteiger partial charge in [-0.15, -0.1) is 0 Å². The fraction of sp³-hybridized carbons (Fsp3) is 0.852. The fourth-order valence-electron chi connectivity index (χ4n) is 13.5. The first kappa shape index (κ1) is 96.3. The van der Waals surface area contributed by atoms with E-state index in [0.717, 1.165) is 173 Å². The van der Waals surface area contributed by atoms with Gasteiger partial charge in [-0.05, 0) is 174 Å². The predicted molar refractivity (Wildman–Crippen MR) is 443 cm³/mol. The molecule has 0 aliphatic carbocycles. The summed E-state index contributed by atoms with van der Waals surface area (Å²) in [7, 11) is 3.95. The number of nitrogens with zero attached hydrogens (tertiary/aromatic N) is 4. The van der Waals surface area contributed by atoms with E-state index < -0.39 is 12.2 Å². The number of allylic oxidation sites excluding steroid dienone is 12. The van der Waals surface area contributed by atoms with E-state index in [1.165, 1.54) is 218 Å². The Labute approximate surface area is 628 Å². The number of hydrogen-bond donors (Lipinski definition) is 4. The number of carbonyl (C=O) groups is 1. The van der Waals surface area contributed by atoms with Gasteiger partial charge in [0, 0.05) is 83.4 Å². The van der Waals surface area contributed by atoms with Gasteiger partial charge < -0.3 is 25.2 Å². The highest BCUT2D eigenvalue weighted by atomic mass is 33.1. The minimum Gasteiger partial charge on any atom is -0.464 e. The third kappa shape index (κ3) is 70.6. The van der Waals surface area contributed by atoms with Crippen molar-refractivity contribution >= 4 is 27.6 Å². The number of esters is 1. The van der Waals surface area contributed by atoms with E-state index in [9.17, 15) is 25.2 Å². The lowest BCUT2D eigenvalue weighted by atomic mass is 10.1. The van der Waals surface area contributed by atoms with Crippen LogP contribution in [0.15, 0.2) is 72.9 Å². The van der Waals surface area contributed by atoms with Crippen molar-refractivity contribution in [1.82, 2.24) is 19.6 Å². The average molecular weight is 1440 g/mol. The molecule has 4 unspecified atom stereocenters. The van der Waals surface area contributed by atoms with E-state index in [1.807, 2.05) is 21.6 Å². The molecule has 1 fully saturated rings. The van der Waals surface area contributed by atoms with E-state index in [4.69, 9.17) is 4.74 Å². The number of hydrogen-bond acceptors (Lipinski definition) is 12. The average Bonchev–Trinajstić information content (AvgIpc) is 1.19. The van der Waals surface area contributed by atoms with E-state index in [-0.39, 0.29) is 18.2 Å². The highest BCUT2D eigenvalue weighted by molar-refractivity contribution is 8.76. The Balaban J connectivity index is 2.46. The molecule has 0 aromatic heterocycles. The Morgan fingerprint density at radius 2 is 0.620 bits per heavy atom. The smallest absolute Gasteiger partial charge is 0.305 e. The minimum absolute atomic E-state index is 0.125. The molecule has 0 aromatic rings. The van der Waals surface area contributed by atoms with Crippen molar-refractivity contribution in [2.45, 2.75) is 386 Å². The van der Waals surface area contributed by atoms with Crippen molar-refractivity contribution in [1.29, 1.82) is 0 Å². The van der Waals surface area contributed by atoms with Crippen molar-refractivity contribution in [2.24, 2.45) is 0 Å². The van der Waals surface area contributed by atoms with Crippen LogP contribution in [0.3, 0.4) is 0 Å². The van der Waals surface area contributed by atoms with Gasteiger partial charge in [-0.3, -0.25) is 24.4 Å². The number of aliphatic hydroxyl groups is 4. The predicted octanol–water partition coefficient (Wildman–Crippen LogP) is 23.3. The zero-order valence-corrected chi connectivity index (χ0v) is 68.0. The minimum atomic E-state index is -0.414. The molecular weight excluding hydrogens is 1270 g/mol. The topological polar surface area (TPSA) is 120 Å². The zero-order valence-electron chi connectivity index (χ0n) is 66.3. The number of aliphatic hydroxyl groups excluding tert-OH is 4. The van der Waals surface area contributed by atoms with Gasteiger partial charge in [-0.2, -0.15) is 0 Å². The van der Waals surface area contributed by atoms with Gasteiger partial charge in [0.2, 0.25) is 0 Å². The van der Waals surface area contributed by atoms with Crippen LogP contribution in [0.4, 0.5) is 0 Å². The van der Waals surface area contributed by atoms with Crippen LogP contribution in [0.1, 0.15) is 362 Å². The van der Waals surface area contributed by atoms with Gasteiger partial charge in [0.05, 0.1) is 24.4 Å². The van der Waals surface area contributed by atoms with E-state index in [2.05, 4.69) is 120 Å². The molecule has 4 atom stereocenters. The van der Waals surface area contributed by atoms with Crippen LogP contribution in [-0.2, 0) is 9.53 Å². The van der Waals surface area contributed by atoms with Gasteiger partial charge in [0.1, 0.15) is 6.61 Å². The van der Waals surface area contributed by atoms with Gasteiger partial charge in [-0.1, -0.05) is 289 Å². The monoisotopic (exact) mass is 1440 g/mol. The van der Waals surface area contributed by atoms with Crippen LogP contribution >= 0.6 is 21.6 Å². The largest absolute Gasteiger partial charge is 0.464 e. The summed E-state index contributed by atoms with van der Waals surface area (Å²) < 4.78 is 5.77. The molecule has 4 N–H and O–H groups in total. The molecule has 0 bridgehead atoms. The third-order valence-electron chi connectivity index (χ3n) is 20.0. The van der Waals surface area contributed by atoms with Crippen molar-refractivity contribution < 1.29 is 30.0 Å². The first-order chi connectivity index (χ1) is 49.2. The van der Waals surface area contributed by atoms with E-state index >= 15 is 0 Å². The summed E-state index contributed by atoms with van der Waals surface area (Å²) in [5.74, 6) is 2.04. The number of rotatable bonds is 78. The van der Waals surface area contributed by atoms with Gasteiger partial charge in [0.15, 0.2) is 0 Å². The molecule has 1 saturated heterocycles. The fourth-order valence-corrected chi connectivity index (χ4v) is 15.6. The number of carbonyl (C=O) groups excluding carboxylic acids is 1. The second kappa shape index (κ2) is 78.4. The van der Waals surface area contributed by atoms with Crippen molar-refractivity contribution in [3.05, 3.63) is 72.9 Å². The van der Waals surface area contributed by atoms with Crippen LogP contribution in [0.5, 0.6) is 0 Å². The lowest BCUT2D eigenvalue weighted by Crippen LogP contribution is -2.47. The van der Waals surface area contributed by atoms with Gasteiger partial charge >= 0.3 is 5.97 Å². The standard InChI is InChI=1S/C88H166N4O6S2/c1-5-9-13-17-21-25-29-33-37-41-45-49-53-57-64-84(93)80-91(81-85(94)65-58-54-50-46-42-38-34-30-26-22-18-14-10-6-2)69-62-61-68-88(97)98-77-75-89-71-73-90(74-72-89)76-79-100-99-78-63-70-92(82-86(95)66-59-55-51-47-43-39-35-31-27-23-19-15-11-7-3)83-87(96)67-60-56-52-48-44-40-36-32-28-24-20-16-12-8-4/h21-22,25-26,33-40,84-87,93-96H,5-20,23-24,27-32,41-83H2,1-4H3/b25-21-,26-22-,37-33-,38-34-,39-35-,40-36-. The molecule has 0 amide bonds. The molecule has 0 saturated carbocycles. The summed E-state index contributed by atoms with van der Waals surface area (Å²) in [6.07, 6.45) is 87.0. The first-order valence-corrected chi connectivity index (χ1v) is 45.6. The van der Waals surface area contributed by atoms with Crippen molar-refractivity contribution in [3.63, 3.8) is 0 Å². The van der Waals surface area contributed by atoms with Crippen molar-refractivity contribution in [3.8, 4) is 0 Å². The highest BCUT2D eigenvalue weighted by Gasteiger charge is 2.20. The molecule has 1 heterocycles. The van der Waals surface area contributed by atoms with Crippen LogP contribution in [0, 0.1) is 0 Å². The second-order valence-electron chi connectivity index (χ2n) is 29.9. The number of piperazine rings is 1. The van der Waals surface area contributed by atoms with Gasteiger partial charge in [0.25, 0.3) is 0 Å². The first-order valence-electron chi connectivity index (χ1n) is 43.1. The van der Waals surface area contributed by atoms with Gasteiger partial charge in [-0.25, -0.2) is 0 Å². The molecule has 12 heteroatoms.